The summed E-state index contributed by atoms with van der Waals surface area (Å²) in [6, 6.07) is 35.6. The van der Waals surface area contributed by atoms with Gasteiger partial charge in [0.2, 0.25) is 0 Å². The van der Waals surface area contributed by atoms with E-state index in [1.165, 1.54) is 36.1 Å². The highest BCUT2D eigenvalue weighted by atomic mass is 16.4. The fraction of sp³-hybridized carbons (Fsp3) is 0.349. The smallest absolute Gasteiger partial charge is 0.340 e. The van der Waals surface area contributed by atoms with Crippen LogP contribution in [0.2, 0.25) is 0 Å². The van der Waals surface area contributed by atoms with Crippen LogP contribution in [0.15, 0.2) is 109 Å². The summed E-state index contributed by atoms with van der Waals surface area (Å²) >= 11 is 0. The Morgan fingerprint density at radius 2 is 0.662 bits per heavy atom. The number of Topliss-reactive ketones (excluding diaryl/α,β-unsaturated/α-hetero) is 2. The molecule has 0 amide bonds. The van der Waals surface area contributed by atoms with Gasteiger partial charge in [-0.25, -0.2) is 9.59 Å². The second kappa shape index (κ2) is 30.2. The molecular formula is C63H81NO10. The molecule has 0 aliphatic heterocycles. The van der Waals surface area contributed by atoms with Crippen LogP contribution < -0.4 is 0 Å². The van der Waals surface area contributed by atoms with Gasteiger partial charge in [-0.3, -0.25) is 9.59 Å². The highest BCUT2D eigenvalue weighted by Gasteiger charge is 2.33. The summed E-state index contributed by atoms with van der Waals surface area (Å²) < 4.78 is 0. The number of hydrogen-bond acceptors (Lipinski definition) is 9. The summed E-state index contributed by atoms with van der Waals surface area (Å²) in [6.45, 7) is 33.0. The lowest BCUT2D eigenvalue weighted by Crippen LogP contribution is -2.32. The molecule has 6 N–H and O–H groups in total. The van der Waals surface area contributed by atoms with Crippen LogP contribution in [-0.4, -0.2) is 61.3 Å². The first kappa shape index (κ1) is 66.9. The number of rotatable bonds is 7. The summed E-state index contributed by atoms with van der Waals surface area (Å²) in [4.78, 5) is 43.4. The van der Waals surface area contributed by atoms with Gasteiger partial charge in [0.25, 0.3) is 0 Å². The summed E-state index contributed by atoms with van der Waals surface area (Å²) in [5.74, 6) is -1.80. The molecule has 0 aromatic heterocycles. The van der Waals surface area contributed by atoms with Gasteiger partial charge in [-0.15, -0.1) is 0 Å². The zero-order valence-electron chi connectivity index (χ0n) is 47.2. The summed E-state index contributed by atoms with van der Waals surface area (Å²) in [5.41, 5.74) is 13.0. The predicted octanol–water partition coefficient (Wildman–Crippen LogP) is 12.8. The Kier molecular flexibility index (Phi) is 27.3. The molecule has 0 bridgehead atoms. The van der Waals surface area contributed by atoms with Crippen LogP contribution >= 0.6 is 0 Å². The molecule has 0 aliphatic carbocycles. The normalized spacial score (nSPS) is 11.7. The number of aliphatic hydroxyl groups is 4. The van der Waals surface area contributed by atoms with E-state index in [-0.39, 0.29) is 11.6 Å². The Hall–Kier alpha value is -7.07. The Labute approximate surface area is 440 Å². The van der Waals surface area contributed by atoms with Crippen molar-refractivity contribution in [1.29, 1.82) is 5.26 Å². The lowest BCUT2D eigenvalue weighted by molar-refractivity contribution is -0.157. The lowest BCUT2D eigenvalue weighted by atomic mass is 9.90. The van der Waals surface area contributed by atoms with Crippen LogP contribution in [0, 0.1) is 94.4 Å². The number of aromatic carboxylic acids is 1. The van der Waals surface area contributed by atoms with E-state index in [0.717, 1.165) is 68.3 Å². The van der Waals surface area contributed by atoms with Gasteiger partial charge in [-0.2, -0.15) is 5.26 Å². The Morgan fingerprint density at radius 1 is 0.405 bits per heavy atom. The zero-order valence-corrected chi connectivity index (χ0v) is 47.2. The average molecular weight is 1010 g/mol. The number of carbonyl (C=O) groups is 4. The van der Waals surface area contributed by atoms with Crippen molar-refractivity contribution >= 4 is 23.5 Å². The van der Waals surface area contributed by atoms with Crippen molar-refractivity contribution in [2.45, 2.75) is 141 Å². The van der Waals surface area contributed by atoms with Crippen LogP contribution in [0.3, 0.4) is 0 Å². The number of nitriles is 1. The Bertz CT molecular complexity index is 2750. The van der Waals surface area contributed by atoms with Gasteiger partial charge >= 0.3 is 11.9 Å². The number of carboxylic acids is 2. The molecule has 0 spiro atoms. The van der Waals surface area contributed by atoms with Gasteiger partial charge in [-0.05, 0) is 209 Å². The van der Waals surface area contributed by atoms with E-state index < -0.39 is 28.7 Å². The largest absolute Gasteiger partial charge is 0.479 e. The number of nitrogens with zero attached hydrogens (tertiary/aromatic N) is 1. The minimum absolute atomic E-state index is 0.145. The van der Waals surface area contributed by atoms with Crippen molar-refractivity contribution in [2.75, 3.05) is 7.11 Å². The van der Waals surface area contributed by atoms with Crippen LogP contribution in [0.4, 0.5) is 0 Å². The third-order valence-corrected chi connectivity index (χ3v) is 13.0. The third-order valence-electron chi connectivity index (χ3n) is 13.0. The molecule has 2 atom stereocenters. The van der Waals surface area contributed by atoms with E-state index in [2.05, 4.69) is 13.0 Å². The van der Waals surface area contributed by atoms with E-state index in [9.17, 15) is 34.5 Å². The molecule has 6 rings (SSSR count). The van der Waals surface area contributed by atoms with Gasteiger partial charge < -0.3 is 30.6 Å². The molecule has 6 aromatic rings. The van der Waals surface area contributed by atoms with Crippen molar-refractivity contribution in [3.8, 4) is 6.07 Å². The number of aryl methyl sites for hydroxylation is 6. The quantitative estimate of drug-likeness (QED) is 0.0654. The van der Waals surface area contributed by atoms with E-state index in [0.29, 0.717) is 16.7 Å². The molecule has 6 aromatic carbocycles. The molecule has 74 heavy (non-hydrogen) atoms. The standard InChI is InChI=1S/C11H13NO.C11H14O3.C11H16O.2C10H12O.C9H10O2.CH4O/c1-8-5-4-6-10(9(8)2)11(3,13)7-12;1-7-5-4-6-9(8(7)2)11(3,14)10(12)13;1-8-6-5-7-10(9(8)2)11(3,4)12;2*1-7-5-4-6-10(8(7)2)9(3)11;1-6-4-3-5-8(7(6)2)9(10)11;1-2/h4-6,13H,1-3H3;4-6,14H,1-3H3,(H,12,13);5-7,12H,1-4H3;2*4-6H,1-3H3;3-5H,1-2H3,(H,10,11);2H,1H3. The van der Waals surface area contributed by atoms with Gasteiger partial charge in [-0.1, -0.05) is 103 Å². The SMILES string of the molecule is CC(=O)c1cccc(C)c1C.CC(=O)c1cccc(C)c1C.CO.Cc1cccc(C(=O)O)c1C.Cc1cccc(C(C)(C)O)c1C.Cc1cccc(C(C)(O)C#N)c1C.Cc1cccc(C(C)(O)C(=O)O)c1C. The molecule has 2 unspecified atom stereocenters. The first-order chi connectivity index (χ1) is 34.2. The van der Waals surface area contributed by atoms with Crippen LogP contribution in [0.1, 0.15) is 156 Å². The molecule has 0 radical (unpaired) electrons. The number of hydrogen-bond donors (Lipinski definition) is 6. The number of ketones is 2. The molecule has 11 heteroatoms. The number of benzene rings is 6. The van der Waals surface area contributed by atoms with Crippen LogP contribution in [0.5, 0.6) is 0 Å². The molecule has 0 fully saturated rings. The summed E-state index contributed by atoms with van der Waals surface area (Å²) in [7, 11) is 1.00. The number of carboxylic acid groups (broad SMARTS) is 2. The minimum Gasteiger partial charge on any atom is -0.479 e. The fourth-order valence-electron chi connectivity index (χ4n) is 7.39. The van der Waals surface area contributed by atoms with Gasteiger partial charge in [0.15, 0.2) is 22.8 Å². The van der Waals surface area contributed by atoms with E-state index >= 15 is 0 Å². The summed E-state index contributed by atoms with van der Waals surface area (Å²) in [6.07, 6.45) is 0. The van der Waals surface area contributed by atoms with Crippen LogP contribution in [0.25, 0.3) is 0 Å². The maximum absolute atomic E-state index is 11.0. The minimum atomic E-state index is -1.81. The zero-order chi connectivity index (χ0) is 57.6. The summed E-state index contributed by atoms with van der Waals surface area (Å²) in [5, 5.41) is 62.6. The second-order valence-corrected chi connectivity index (χ2v) is 19.0. The van der Waals surface area contributed by atoms with Crippen molar-refractivity contribution in [1.82, 2.24) is 0 Å². The number of carbonyl (C=O) groups excluding carboxylic acids is 2. The van der Waals surface area contributed by atoms with Crippen LogP contribution in [-0.2, 0) is 21.6 Å². The van der Waals surface area contributed by atoms with Crippen molar-refractivity contribution in [3.05, 3.63) is 209 Å². The average Bonchev–Trinajstić information content (AvgIpc) is 3.32. The van der Waals surface area contributed by atoms with E-state index in [4.69, 9.17) is 20.6 Å². The predicted molar refractivity (Wildman–Crippen MR) is 298 cm³/mol. The van der Waals surface area contributed by atoms with Crippen molar-refractivity contribution in [2.24, 2.45) is 0 Å². The number of aliphatic hydroxyl groups excluding tert-OH is 1. The maximum atomic E-state index is 11.0. The van der Waals surface area contributed by atoms with E-state index in [1.807, 2.05) is 169 Å². The maximum Gasteiger partial charge on any atom is 0.340 e. The molecule has 0 heterocycles. The van der Waals surface area contributed by atoms with Crippen molar-refractivity contribution < 1.29 is 49.8 Å². The molecule has 11 nitrogen and oxygen atoms in total. The monoisotopic (exact) mass is 1010 g/mol. The topological polar surface area (TPSA) is 213 Å². The second-order valence-electron chi connectivity index (χ2n) is 19.0. The van der Waals surface area contributed by atoms with Gasteiger partial charge in [0.1, 0.15) is 6.07 Å². The molecule has 0 aliphatic rings. The highest BCUT2D eigenvalue weighted by Crippen LogP contribution is 2.27. The molecule has 398 valence electrons. The first-order valence-electron chi connectivity index (χ1n) is 24.1. The van der Waals surface area contributed by atoms with Gasteiger partial charge in [0.05, 0.1) is 11.2 Å². The third kappa shape index (κ3) is 19.7. The fourth-order valence-corrected chi connectivity index (χ4v) is 7.39. The van der Waals surface area contributed by atoms with E-state index in [1.54, 1.807) is 44.2 Å². The number of aliphatic carboxylic acids is 1. The first-order valence-corrected chi connectivity index (χ1v) is 24.1. The molecule has 0 saturated heterocycles. The highest BCUT2D eigenvalue weighted by molar-refractivity contribution is 5.96. The Balaban J connectivity index is 0.000000860. The molecular weight excluding hydrogens is 931 g/mol. The molecule has 0 saturated carbocycles. The lowest BCUT2D eigenvalue weighted by Gasteiger charge is -2.21. The van der Waals surface area contributed by atoms with Crippen molar-refractivity contribution in [3.63, 3.8) is 0 Å². The Morgan fingerprint density at radius 3 is 0.919 bits per heavy atom. The van der Waals surface area contributed by atoms with Gasteiger partial charge in [0, 0.05) is 23.8 Å².